The van der Waals surface area contributed by atoms with E-state index in [2.05, 4.69) is 10.3 Å². The number of aromatic nitrogens is 1. The molecule has 1 aromatic heterocycles. The van der Waals surface area contributed by atoms with Gasteiger partial charge in [-0.15, -0.1) is 0 Å². The Balaban J connectivity index is 2.01. The second-order valence-corrected chi connectivity index (χ2v) is 7.71. The standard InChI is InChI=1S/C19H14Cl4N2O3/c20-10-6-4-9(5-7-10)8-24-16-14(21)17(25-19(23)15(16)22)18(28)13-11(26)2-1-3-12(13)27/h4-7,28H,1-3,8H2,(H,24,25). The minimum Gasteiger partial charge on any atom is -0.505 e. The van der Waals surface area contributed by atoms with Gasteiger partial charge >= 0.3 is 0 Å². The van der Waals surface area contributed by atoms with E-state index in [1.807, 2.05) is 12.1 Å². The molecule has 9 heteroatoms. The number of ketones is 2. The van der Waals surface area contributed by atoms with E-state index in [1.54, 1.807) is 12.1 Å². The Morgan fingerprint density at radius 3 is 2.21 bits per heavy atom. The molecule has 0 amide bonds. The van der Waals surface area contributed by atoms with Crippen molar-refractivity contribution in [3.63, 3.8) is 0 Å². The largest absolute Gasteiger partial charge is 0.505 e. The first-order valence-corrected chi connectivity index (χ1v) is 9.83. The zero-order valence-corrected chi connectivity index (χ0v) is 17.4. The van der Waals surface area contributed by atoms with Crippen LogP contribution in [0, 0.1) is 0 Å². The summed E-state index contributed by atoms with van der Waals surface area (Å²) in [7, 11) is 0. The van der Waals surface area contributed by atoms with E-state index in [9.17, 15) is 14.7 Å². The number of aliphatic hydroxyl groups excluding tert-OH is 1. The molecule has 2 N–H and O–H groups in total. The number of halogens is 4. The first-order chi connectivity index (χ1) is 13.3. The van der Waals surface area contributed by atoms with Crippen molar-refractivity contribution in [3.05, 3.63) is 61.3 Å². The van der Waals surface area contributed by atoms with Gasteiger partial charge in [-0.25, -0.2) is 4.98 Å². The molecule has 0 aliphatic heterocycles. The van der Waals surface area contributed by atoms with Gasteiger partial charge in [-0.3, -0.25) is 9.59 Å². The van der Waals surface area contributed by atoms with Crippen LogP contribution in [-0.4, -0.2) is 21.7 Å². The molecule has 1 aliphatic rings. The second kappa shape index (κ2) is 8.70. The van der Waals surface area contributed by atoms with E-state index in [0.717, 1.165) is 5.56 Å². The van der Waals surface area contributed by atoms with Gasteiger partial charge in [-0.05, 0) is 24.1 Å². The number of nitrogens with zero attached hydrogens (tertiary/aromatic N) is 1. The topological polar surface area (TPSA) is 79.3 Å². The maximum atomic E-state index is 12.1. The summed E-state index contributed by atoms with van der Waals surface area (Å²) in [6, 6.07) is 7.12. The average molecular weight is 460 g/mol. The summed E-state index contributed by atoms with van der Waals surface area (Å²) in [6.45, 7) is 0.339. The number of rotatable bonds is 4. The summed E-state index contributed by atoms with van der Waals surface area (Å²) in [6.07, 6.45) is 0.794. The summed E-state index contributed by atoms with van der Waals surface area (Å²) in [5, 5.41) is 14.1. The van der Waals surface area contributed by atoms with Gasteiger partial charge in [0.1, 0.15) is 16.3 Å². The quantitative estimate of drug-likeness (QED) is 0.257. The number of carbonyl (C=O) groups excluding carboxylic acids is 2. The summed E-state index contributed by atoms with van der Waals surface area (Å²) in [4.78, 5) is 28.2. The highest BCUT2D eigenvalue weighted by molar-refractivity contribution is 6.46. The molecule has 3 rings (SSSR count). The number of aliphatic hydroxyl groups is 1. The van der Waals surface area contributed by atoms with E-state index >= 15 is 0 Å². The SMILES string of the molecule is O=C1CCCC(=O)C1=C(O)c1nc(Cl)c(Cl)c(NCc2ccc(Cl)cc2)c1Cl. The molecule has 5 nitrogen and oxygen atoms in total. The molecule has 2 aromatic rings. The van der Waals surface area contributed by atoms with Crippen molar-refractivity contribution in [1.29, 1.82) is 0 Å². The molecule has 0 radical (unpaired) electrons. The summed E-state index contributed by atoms with van der Waals surface area (Å²) >= 11 is 24.6. The van der Waals surface area contributed by atoms with Gasteiger partial charge in [0.05, 0.1) is 10.7 Å². The van der Waals surface area contributed by atoms with Crippen LogP contribution < -0.4 is 5.32 Å². The number of pyridine rings is 1. The number of hydrogen-bond acceptors (Lipinski definition) is 5. The summed E-state index contributed by atoms with van der Waals surface area (Å²) < 4.78 is 0. The number of Topliss-reactive ketones (excluding diaryl/α,β-unsaturated/α-hetero) is 2. The molecule has 0 saturated heterocycles. The molecule has 1 heterocycles. The molecule has 0 unspecified atom stereocenters. The van der Waals surface area contributed by atoms with Gasteiger partial charge in [-0.1, -0.05) is 58.5 Å². The van der Waals surface area contributed by atoms with E-state index in [4.69, 9.17) is 46.4 Å². The van der Waals surface area contributed by atoms with Gasteiger partial charge in [0, 0.05) is 24.4 Å². The minimum absolute atomic E-state index is 0.0421. The first-order valence-electron chi connectivity index (χ1n) is 8.32. The highest BCUT2D eigenvalue weighted by Gasteiger charge is 2.30. The van der Waals surface area contributed by atoms with Crippen LogP contribution in [0.4, 0.5) is 5.69 Å². The van der Waals surface area contributed by atoms with Crippen molar-refractivity contribution < 1.29 is 14.7 Å². The molecule has 1 aliphatic carbocycles. The lowest BCUT2D eigenvalue weighted by atomic mass is 9.90. The van der Waals surface area contributed by atoms with Crippen molar-refractivity contribution in [2.24, 2.45) is 0 Å². The Kier molecular flexibility index (Phi) is 6.50. The van der Waals surface area contributed by atoms with Crippen LogP contribution in [0.5, 0.6) is 0 Å². The molecular weight excluding hydrogens is 446 g/mol. The molecule has 146 valence electrons. The molecule has 28 heavy (non-hydrogen) atoms. The number of nitrogens with one attached hydrogen (secondary N) is 1. The predicted octanol–water partition coefficient (Wildman–Crippen LogP) is 5.90. The van der Waals surface area contributed by atoms with E-state index in [0.29, 0.717) is 18.0 Å². The Morgan fingerprint density at radius 1 is 1.00 bits per heavy atom. The summed E-state index contributed by atoms with van der Waals surface area (Å²) in [5.74, 6) is -1.49. The van der Waals surface area contributed by atoms with Crippen molar-refractivity contribution in [1.82, 2.24) is 4.98 Å². The lowest BCUT2D eigenvalue weighted by Gasteiger charge is -2.17. The van der Waals surface area contributed by atoms with Crippen LogP contribution >= 0.6 is 46.4 Å². The van der Waals surface area contributed by atoms with Crippen LogP contribution in [0.3, 0.4) is 0 Å². The maximum Gasteiger partial charge on any atom is 0.170 e. The Morgan fingerprint density at radius 2 is 1.61 bits per heavy atom. The van der Waals surface area contributed by atoms with Crippen molar-refractivity contribution in [2.75, 3.05) is 5.32 Å². The molecule has 1 fully saturated rings. The zero-order chi connectivity index (χ0) is 20.4. The van der Waals surface area contributed by atoms with Crippen molar-refractivity contribution >= 4 is 69.4 Å². The summed E-state index contributed by atoms with van der Waals surface area (Å²) in [5.41, 5.74) is 0.651. The third-order valence-corrected chi connectivity index (χ3v) is 5.61. The third-order valence-electron chi connectivity index (χ3n) is 4.25. The van der Waals surface area contributed by atoms with E-state index in [-0.39, 0.29) is 45.0 Å². The van der Waals surface area contributed by atoms with Gasteiger partial charge in [0.2, 0.25) is 0 Å². The van der Waals surface area contributed by atoms with Gasteiger partial charge < -0.3 is 10.4 Å². The van der Waals surface area contributed by atoms with Crippen LogP contribution in [0.1, 0.15) is 30.5 Å². The Labute approximate surface area is 181 Å². The fraction of sp³-hybridized carbons (Fsp3) is 0.211. The maximum absolute atomic E-state index is 12.1. The van der Waals surface area contributed by atoms with Crippen LogP contribution in [0.2, 0.25) is 20.2 Å². The third kappa shape index (κ3) is 4.28. The van der Waals surface area contributed by atoms with Gasteiger partial charge in [-0.2, -0.15) is 0 Å². The van der Waals surface area contributed by atoms with Crippen LogP contribution in [0.15, 0.2) is 29.8 Å². The fourth-order valence-corrected chi connectivity index (χ4v) is 3.67. The van der Waals surface area contributed by atoms with Gasteiger partial charge in [0.25, 0.3) is 0 Å². The number of benzene rings is 1. The Hall–Kier alpha value is -1.79. The monoisotopic (exact) mass is 458 g/mol. The van der Waals surface area contributed by atoms with Crippen LogP contribution in [-0.2, 0) is 16.1 Å². The molecule has 1 aromatic carbocycles. The number of hydrogen-bond donors (Lipinski definition) is 2. The van der Waals surface area contributed by atoms with Crippen molar-refractivity contribution in [2.45, 2.75) is 25.8 Å². The fourth-order valence-electron chi connectivity index (χ4n) is 2.82. The van der Waals surface area contributed by atoms with E-state index in [1.165, 1.54) is 0 Å². The minimum atomic E-state index is -0.590. The first kappa shape index (κ1) is 20.9. The molecule has 1 saturated carbocycles. The lowest BCUT2D eigenvalue weighted by molar-refractivity contribution is -0.123. The zero-order valence-electron chi connectivity index (χ0n) is 14.4. The highest BCUT2D eigenvalue weighted by atomic mass is 35.5. The predicted molar refractivity (Wildman–Crippen MR) is 111 cm³/mol. The van der Waals surface area contributed by atoms with E-state index < -0.39 is 17.3 Å². The van der Waals surface area contributed by atoms with Crippen LogP contribution in [0.25, 0.3) is 5.76 Å². The molecular formula is C19H14Cl4N2O3. The van der Waals surface area contributed by atoms with Crippen molar-refractivity contribution in [3.8, 4) is 0 Å². The highest BCUT2D eigenvalue weighted by Crippen LogP contribution is 2.40. The lowest BCUT2D eigenvalue weighted by Crippen LogP contribution is -2.21. The molecule has 0 bridgehead atoms. The second-order valence-electron chi connectivity index (χ2n) is 6.16. The smallest absolute Gasteiger partial charge is 0.170 e. The number of allylic oxidation sites excluding steroid dienone is 1. The number of carbonyl (C=O) groups is 2. The molecule has 0 atom stereocenters. The number of anilines is 1. The normalized spacial score (nSPS) is 14.4. The van der Waals surface area contributed by atoms with Gasteiger partial charge in [0.15, 0.2) is 22.5 Å². The Bertz CT molecular complexity index is 970. The average Bonchev–Trinajstić information content (AvgIpc) is 2.66. The molecule has 0 spiro atoms.